The molecule has 0 saturated carbocycles. The van der Waals surface area contributed by atoms with Gasteiger partial charge in [0.25, 0.3) is 5.91 Å². The SMILES string of the molecule is CC(=O)Oc1cccc(C(=O)Nc2cccc(NC(=O)CCc3ccccc3)c2)c1. The molecule has 3 rings (SSSR count). The van der Waals surface area contributed by atoms with Crippen molar-refractivity contribution >= 4 is 29.2 Å². The number of benzene rings is 3. The van der Waals surface area contributed by atoms with Crippen LogP contribution < -0.4 is 15.4 Å². The number of aryl methyl sites for hydroxylation is 1. The first kappa shape index (κ1) is 20.8. The number of hydrogen-bond acceptors (Lipinski definition) is 4. The third-order valence-electron chi connectivity index (χ3n) is 4.25. The minimum Gasteiger partial charge on any atom is -0.427 e. The predicted molar refractivity (Wildman–Crippen MR) is 116 cm³/mol. The number of carbonyl (C=O) groups is 3. The Balaban J connectivity index is 1.59. The number of rotatable bonds is 7. The number of anilines is 2. The van der Waals surface area contributed by atoms with Gasteiger partial charge in [-0.2, -0.15) is 0 Å². The van der Waals surface area contributed by atoms with Gasteiger partial charge < -0.3 is 15.4 Å². The zero-order valence-electron chi connectivity index (χ0n) is 16.6. The molecular weight excluding hydrogens is 380 g/mol. The standard InChI is InChI=1S/C24H22N2O4/c1-17(27)30-22-12-5-9-19(15-22)24(29)26-21-11-6-10-20(16-21)25-23(28)14-13-18-7-3-2-4-8-18/h2-12,15-16H,13-14H2,1H3,(H,25,28)(H,26,29). The van der Waals surface area contributed by atoms with E-state index in [1.807, 2.05) is 30.3 Å². The quantitative estimate of drug-likeness (QED) is 0.452. The van der Waals surface area contributed by atoms with Crippen molar-refractivity contribution in [2.45, 2.75) is 19.8 Å². The summed E-state index contributed by atoms with van der Waals surface area (Å²) in [6, 6.07) is 23.1. The summed E-state index contributed by atoms with van der Waals surface area (Å²) in [6.45, 7) is 1.30. The van der Waals surface area contributed by atoms with Gasteiger partial charge in [0.05, 0.1) is 0 Å². The Morgan fingerprint density at radius 1 is 0.800 bits per heavy atom. The van der Waals surface area contributed by atoms with Crippen LogP contribution in [0.15, 0.2) is 78.9 Å². The lowest BCUT2D eigenvalue weighted by molar-refractivity contribution is -0.131. The van der Waals surface area contributed by atoms with Gasteiger partial charge in [-0.15, -0.1) is 0 Å². The number of carbonyl (C=O) groups excluding carboxylic acids is 3. The summed E-state index contributed by atoms with van der Waals surface area (Å²) in [5, 5.41) is 5.63. The van der Waals surface area contributed by atoms with Crippen molar-refractivity contribution in [2.75, 3.05) is 10.6 Å². The van der Waals surface area contributed by atoms with Crippen molar-refractivity contribution < 1.29 is 19.1 Å². The lowest BCUT2D eigenvalue weighted by Gasteiger charge is -2.10. The van der Waals surface area contributed by atoms with Crippen LogP contribution in [0, 0.1) is 0 Å². The van der Waals surface area contributed by atoms with Crippen molar-refractivity contribution in [1.82, 2.24) is 0 Å². The molecule has 30 heavy (non-hydrogen) atoms. The first-order chi connectivity index (χ1) is 14.5. The summed E-state index contributed by atoms with van der Waals surface area (Å²) < 4.78 is 5.01. The van der Waals surface area contributed by atoms with E-state index >= 15 is 0 Å². The molecule has 0 unspecified atom stereocenters. The molecule has 6 heteroatoms. The minimum absolute atomic E-state index is 0.101. The molecule has 0 aliphatic carbocycles. The monoisotopic (exact) mass is 402 g/mol. The number of hydrogen-bond donors (Lipinski definition) is 2. The Hall–Kier alpha value is -3.93. The number of esters is 1. The lowest BCUT2D eigenvalue weighted by Crippen LogP contribution is -2.14. The molecule has 0 fully saturated rings. The van der Waals surface area contributed by atoms with Gasteiger partial charge in [0.1, 0.15) is 5.75 Å². The van der Waals surface area contributed by atoms with Crippen LogP contribution in [0.5, 0.6) is 5.75 Å². The highest BCUT2D eigenvalue weighted by molar-refractivity contribution is 6.05. The Bertz CT molecular complexity index is 1050. The van der Waals surface area contributed by atoms with Crippen LogP contribution in [0.1, 0.15) is 29.3 Å². The third-order valence-corrected chi connectivity index (χ3v) is 4.25. The van der Waals surface area contributed by atoms with Gasteiger partial charge in [0.15, 0.2) is 0 Å². The molecule has 152 valence electrons. The molecule has 0 atom stereocenters. The molecule has 0 aromatic heterocycles. The molecule has 6 nitrogen and oxygen atoms in total. The first-order valence-corrected chi connectivity index (χ1v) is 9.53. The van der Waals surface area contributed by atoms with Gasteiger partial charge in [-0.1, -0.05) is 42.5 Å². The average Bonchev–Trinajstić information content (AvgIpc) is 2.73. The van der Waals surface area contributed by atoms with Crippen molar-refractivity contribution in [1.29, 1.82) is 0 Å². The van der Waals surface area contributed by atoms with Crippen LogP contribution in [0.25, 0.3) is 0 Å². The van der Waals surface area contributed by atoms with E-state index in [0.717, 1.165) is 5.56 Å². The fourth-order valence-electron chi connectivity index (χ4n) is 2.87. The molecule has 0 heterocycles. The van der Waals surface area contributed by atoms with Crippen LogP contribution in [0.3, 0.4) is 0 Å². The van der Waals surface area contributed by atoms with Gasteiger partial charge in [-0.05, 0) is 48.4 Å². The Morgan fingerprint density at radius 3 is 2.23 bits per heavy atom. The molecule has 0 aliphatic rings. The molecule has 0 saturated heterocycles. The van der Waals surface area contributed by atoms with Crippen LogP contribution in [-0.4, -0.2) is 17.8 Å². The second-order valence-corrected chi connectivity index (χ2v) is 6.69. The van der Waals surface area contributed by atoms with E-state index < -0.39 is 5.97 Å². The number of amides is 2. The van der Waals surface area contributed by atoms with Crippen molar-refractivity contribution in [3.05, 3.63) is 90.0 Å². The van der Waals surface area contributed by atoms with Gasteiger partial charge >= 0.3 is 5.97 Å². The molecule has 0 aliphatic heterocycles. The smallest absolute Gasteiger partial charge is 0.308 e. The van der Waals surface area contributed by atoms with Crippen LogP contribution in [0.4, 0.5) is 11.4 Å². The van der Waals surface area contributed by atoms with E-state index in [1.54, 1.807) is 42.5 Å². The number of ether oxygens (including phenoxy) is 1. The number of nitrogens with one attached hydrogen (secondary N) is 2. The van der Waals surface area contributed by atoms with Crippen LogP contribution in [-0.2, 0) is 16.0 Å². The first-order valence-electron chi connectivity index (χ1n) is 9.53. The van der Waals surface area contributed by atoms with E-state index in [9.17, 15) is 14.4 Å². The summed E-state index contributed by atoms with van der Waals surface area (Å²) >= 11 is 0. The van der Waals surface area contributed by atoms with Gasteiger partial charge in [-0.25, -0.2) is 0 Å². The fraction of sp³-hybridized carbons (Fsp3) is 0.125. The summed E-state index contributed by atoms with van der Waals surface area (Å²) in [5.41, 5.74) is 2.59. The zero-order chi connectivity index (χ0) is 21.3. The molecule has 0 spiro atoms. The maximum absolute atomic E-state index is 12.5. The molecule has 3 aromatic carbocycles. The highest BCUT2D eigenvalue weighted by Crippen LogP contribution is 2.19. The van der Waals surface area contributed by atoms with Gasteiger partial charge in [-0.3, -0.25) is 14.4 Å². The maximum atomic E-state index is 12.5. The van der Waals surface area contributed by atoms with Gasteiger partial charge in [0.2, 0.25) is 5.91 Å². The van der Waals surface area contributed by atoms with E-state index in [2.05, 4.69) is 10.6 Å². The van der Waals surface area contributed by atoms with E-state index in [1.165, 1.54) is 13.0 Å². The van der Waals surface area contributed by atoms with Crippen molar-refractivity contribution in [3.63, 3.8) is 0 Å². The summed E-state index contributed by atoms with van der Waals surface area (Å²) in [5.74, 6) is -0.606. The molecule has 0 radical (unpaired) electrons. The Morgan fingerprint density at radius 2 is 1.50 bits per heavy atom. The Kier molecular flexibility index (Phi) is 6.95. The maximum Gasteiger partial charge on any atom is 0.308 e. The zero-order valence-corrected chi connectivity index (χ0v) is 16.6. The molecular formula is C24H22N2O4. The van der Waals surface area contributed by atoms with Crippen molar-refractivity contribution in [2.24, 2.45) is 0 Å². The predicted octanol–water partition coefficient (Wildman–Crippen LogP) is 4.44. The van der Waals surface area contributed by atoms with E-state index in [0.29, 0.717) is 35.5 Å². The molecule has 2 amide bonds. The summed E-state index contributed by atoms with van der Waals surface area (Å²) in [4.78, 5) is 35.8. The van der Waals surface area contributed by atoms with Crippen LogP contribution in [0.2, 0.25) is 0 Å². The topological polar surface area (TPSA) is 84.5 Å². The lowest BCUT2D eigenvalue weighted by atomic mass is 10.1. The molecule has 2 N–H and O–H groups in total. The average molecular weight is 402 g/mol. The van der Waals surface area contributed by atoms with E-state index in [-0.39, 0.29) is 11.8 Å². The molecule has 3 aromatic rings. The summed E-state index contributed by atoms with van der Waals surface area (Å²) in [7, 11) is 0. The fourth-order valence-corrected chi connectivity index (χ4v) is 2.87. The second-order valence-electron chi connectivity index (χ2n) is 6.69. The Labute approximate surface area is 174 Å². The van der Waals surface area contributed by atoms with Gasteiger partial charge in [0, 0.05) is 30.3 Å². The third kappa shape index (κ3) is 6.31. The summed E-state index contributed by atoms with van der Waals surface area (Å²) in [6.07, 6.45) is 1.02. The van der Waals surface area contributed by atoms with Crippen LogP contribution >= 0.6 is 0 Å². The normalized spacial score (nSPS) is 10.2. The highest BCUT2D eigenvalue weighted by atomic mass is 16.5. The second kappa shape index (κ2) is 10.0. The molecule has 0 bridgehead atoms. The van der Waals surface area contributed by atoms with Crippen molar-refractivity contribution in [3.8, 4) is 5.75 Å². The largest absolute Gasteiger partial charge is 0.427 e. The van der Waals surface area contributed by atoms with E-state index in [4.69, 9.17) is 4.74 Å². The minimum atomic E-state index is -0.455. The highest BCUT2D eigenvalue weighted by Gasteiger charge is 2.09.